The number of carbonyl (C=O) groups excluding carboxylic acids is 2. The predicted molar refractivity (Wildman–Crippen MR) is 111 cm³/mol. The van der Waals surface area contributed by atoms with Crippen molar-refractivity contribution in [1.82, 2.24) is 4.90 Å². The Morgan fingerprint density at radius 3 is 2.63 bits per heavy atom. The van der Waals surface area contributed by atoms with Crippen LogP contribution in [0.1, 0.15) is 36.4 Å². The van der Waals surface area contributed by atoms with E-state index in [0.29, 0.717) is 24.1 Å². The van der Waals surface area contributed by atoms with E-state index >= 15 is 0 Å². The first-order chi connectivity index (χ1) is 14.2. The van der Waals surface area contributed by atoms with Gasteiger partial charge in [0.1, 0.15) is 5.58 Å². The van der Waals surface area contributed by atoms with Crippen LogP contribution in [0.2, 0.25) is 0 Å². The lowest BCUT2D eigenvalue weighted by Crippen LogP contribution is -2.45. The van der Waals surface area contributed by atoms with Crippen LogP contribution in [0.15, 0.2) is 28.7 Å². The molecule has 0 spiro atoms. The van der Waals surface area contributed by atoms with Crippen molar-refractivity contribution >= 4 is 32.7 Å². The van der Waals surface area contributed by atoms with E-state index in [1.165, 1.54) is 12.0 Å². The summed E-state index contributed by atoms with van der Waals surface area (Å²) in [6, 6.07) is 6.79. The van der Waals surface area contributed by atoms with E-state index in [1.54, 1.807) is 12.1 Å². The van der Waals surface area contributed by atoms with Gasteiger partial charge in [-0.2, -0.15) is 0 Å². The van der Waals surface area contributed by atoms with Crippen LogP contribution >= 0.6 is 0 Å². The summed E-state index contributed by atoms with van der Waals surface area (Å²) in [4.78, 5) is 27.0. The number of ether oxygens (including phenoxy) is 2. The van der Waals surface area contributed by atoms with Crippen LogP contribution < -0.4 is 0 Å². The lowest BCUT2D eigenvalue weighted by Gasteiger charge is -2.29. The predicted octanol–water partition coefficient (Wildman–Crippen LogP) is 2.41. The maximum atomic E-state index is 12.8. The van der Waals surface area contributed by atoms with E-state index < -0.39 is 28.3 Å². The zero-order valence-electron chi connectivity index (χ0n) is 17.4. The molecule has 0 N–H and O–H groups in total. The number of amides is 1. The fourth-order valence-corrected chi connectivity index (χ4v) is 5.43. The maximum Gasteiger partial charge on any atom is 0.375 e. The minimum atomic E-state index is -3.14. The molecule has 3 rings (SSSR count). The SMILES string of the molecule is COCc1c(C(=O)OCC(=O)N(CC(C)C)[C@H]2CCS(=O)(=O)C2)oc2ccccc12. The molecule has 1 aromatic heterocycles. The van der Waals surface area contributed by atoms with Crippen LogP contribution in [-0.2, 0) is 30.7 Å². The van der Waals surface area contributed by atoms with Crippen molar-refractivity contribution in [3.63, 3.8) is 0 Å². The number of rotatable bonds is 8. The number of esters is 1. The molecule has 0 aliphatic carbocycles. The van der Waals surface area contributed by atoms with Crippen molar-refractivity contribution in [2.45, 2.75) is 32.9 Å². The van der Waals surface area contributed by atoms with E-state index in [0.717, 1.165) is 5.39 Å². The Labute approximate surface area is 176 Å². The van der Waals surface area contributed by atoms with Crippen molar-refractivity contribution < 1.29 is 31.9 Å². The number of carbonyl (C=O) groups is 2. The summed E-state index contributed by atoms with van der Waals surface area (Å²) in [5.74, 6) is -1.00. The standard InChI is InChI=1S/C21H27NO7S/c1-14(2)10-22(15-8-9-30(25,26)13-15)19(23)12-28-21(24)20-17(11-27-3)16-6-4-5-7-18(16)29-20/h4-7,14-15H,8-13H2,1-3H3/t15-/m0/s1. The Hall–Kier alpha value is -2.39. The first-order valence-corrected chi connectivity index (χ1v) is 11.7. The molecule has 1 aliphatic rings. The number of nitrogens with zero attached hydrogens (tertiary/aromatic N) is 1. The van der Waals surface area contributed by atoms with Gasteiger partial charge in [-0.1, -0.05) is 32.0 Å². The Morgan fingerprint density at radius 2 is 2.00 bits per heavy atom. The van der Waals surface area contributed by atoms with Crippen molar-refractivity contribution in [2.24, 2.45) is 5.92 Å². The fraction of sp³-hybridized carbons (Fsp3) is 0.524. The number of hydrogen-bond acceptors (Lipinski definition) is 7. The van der Waals surface area contributed by atoms with Crippen LogP contribution in [0.25, 0.3) is 11.0 Å². The molecule has 0 unspecified atom stereocenters. The first-order valence-electron chi connectivity index (χ1n) is 9.88. The second-order valence-electron chi connectivity index (χ2n) is 7.91. The van der Waals surface area contributed by atoms with Gasteiger partial charge in [-0.15, -0.1) is 0 Å². The molecule has 2 heterocycles. The summed E-state index contributed by atoms with van der Waals surface area (Å²) in [5, 5.41) is 0.746. The second-order valence-corrected chi connectivity index (χ2v) is 10.1. The number of para-hydroxylation sites is 1. The van der Waals surface area contributed by atoms with Crippen LogP contribution in [-0.4, -0.2) is 63.0 Å². The molecule has 2 aromatic rings. The smallest absolute Gasteiger partial charge is 0.375 e. The Kier molecular flexibility index (Phi) is 6.82. The van der Waals surface area contributed by atoms with Crippen molar-refractivity contribution in [3.8, 4) is 0 Å². The Bertz CT molecular complexity index is 1030. The van der Waals surface area contributed by atoms with Crippen LogP contribution in [0, 0.1) is 5.92 Å². The van der Waals surface area contributed by atoms with Gasteiger partial charge in [0.05, 0.1) is 18.1 Å². The highest BCUT2D eigenvalue weighted by molar-refractivity contribution is 7.91. The largest absolute Gasteiger partial charge is 0.450 e. The molecule has 9 heteroatoms. The average molecular weight is 438 g/mol. The molecule has 1 fully saturated rings. The number of fused-ring (bicyclic) bond motifs is 1. The molecule has 1 atom stereocenters. The molecule has 0 bridgehead atoms. The number of methoxy groups -OCH3 is 1. The lowest BCUT2D eigenvalue weighted by atomic mass is 10.1. The highest BCUT2D eigenvalue weighted by atomic mass is 32.2. The third kappa shape index (κ3) is 5.02. The third-order valence-electron chi connectivity index (χ3n) is 5.03. The van der Waals surface area contributed by atoms with Crippen LogP contribution in [0.3, 0.4) is 0 Å². The van der Waals surface area contributed by atoms with Gasteiger partial charge in [-0.25, -0.2) is 13.2 Å². The zero-order chi connectivity index (χ0) is 21.9. The highest BCUT2D eigenvalue weighted by Gasteiger charge is 2.35. The number of furan rings is 1. The summed E-state index contributed by atoms with van der Waals surface area (Å²) in [6.45, 7) is 3.97. The lowest BCUT2D eigenvalue weighted by molar-refractivity contribution is -0.137. The molecule has 1 aromatic carbocycles. The Morgan fingerprint density at radius 1 is 1.27 bits per heavy atom. The molecule has 1 amide bonds. The zero-order valence-corrected chi connectivity index (χ0v) is 18.2. The normalized spacial score (nSPS) is 18.1. The van der Waals surface area contributed by atoms with Crippen molar-refractivity contribution in [1.29, 1.82) is 0 Å². The minimum Gasteiger partial charge on any atom is -0.450 e. The maximum absolute atomic E-state index is 12.8. The highest BCUT2D eigenvalue weighted by Crippen LogP contribution is 2.27. The van der Waals surface area contributed by atoms with E-state index in [9.17, 15) is 18.0 Å². The molecule has 164 valence electrons. The topological polar surface area (TPSA) is 103 Å². The van der Waals surface area contributed by atoms with E-state index in [4.69, 9.17) is 13.9 Å². The quantitative estimate of drug-likeness (QED) is 0.584. The number of sulfone groups is 1. The molecule has 0 radical (unpaired) electrons. The monoisotopic (exact) mass is 437 g/mol. The molecular weight excluding hydrogens is 410 g/mol. The van der Waals surface area contributed by atoms with Crippen LogP contribution in [0.5, 0.6) is 0 Å². The third-order valence-corrected chi connectivity index (χ3v) is 6.78. The fourth-order valence-electron chi connectivity index (χ4n) is 3.70. The van der Waals surface area contributed by atoms with Gasteiger partial charge >= 0.3 is 5.97 Å². The molecule has 8 nitrogen and oxygen atoms in total. The van der Waals surface area contributed by atoms with Gasteiger partial charge in [0.15, 0.2) is 16.4 Å². The second kappa shape index (κ2) is 9.18. The van der Waals surface area contributed by atoms with Crippen molar-refractivity contribution in [3.05, 3.63) is 35.6 Å². The molecule has 1 aliphatic heterocycles. The van der Waals surface area contributed by atoms with Gasteiger partial charge in [0.25, 0.3) is 5.91 Å². The molecular formula is C21H27NO7S. The summed E-state index contributed by atoms with van der Waals surface area (Å²) < 4.78 is 39.8. The van der Waals surface area contributed by atoms with Crippen molar-refractivity contribution in [2.75, 3.05) is 31.8 Å². The van der Waals surface area contributed by atoms with Gasteiger partial charge < -0.3 is 18.8 Å². The number of benzene rings is 1. The van der Waals surface area contributed by atoms with Gasteiger partial charge in [-0.05, 0) is 18.4 Å². The van der Waals surface area contributed by atoms with E-state index in [2.05, 4.69) is 0 Å². The summed E-state index contributed by atoms with van der Waals surface area (Å²) >= 11 is 0. The first kappa shape index (κ1) is 22.3. The van der Waals surface area contributed by atoms with Gasteiger partial charge in [-0.3, -0.25) is 4.79 Å². The van der Waals surface area contributed by atoms with E-state index in [-0.39, 0.29) is 35.8 Å². The van der Waals surface area contributed by atoms with Gasteiger partial charge in [0.2, 0.25) is 5.76 Å². The summed E-state index contributed by atoms with van der Waals surface area (Å²) in [6.07, 6.45) is 0.399. The molecule has 1 saturated heterocycles. The summed E-state index contributed by atoms with van der Waals surface area (Å²) in [5.41, 5.74) is 1.09. The van der Waals surface area contributed by atoms with Crippen LogP contribution in [0.4, 0.5) is 0 Å². The Balaban J connectivity index is 1.73. The summed E-state index contributed by atoms with van der Waals surface area (Å²) in [7, 11) is -1.63. The van der Waals surface area contributed by atoms with Gasteiger partial charge in [0, 0.05) is 30.6 Å². The molecule has 0 saturated carbocycles. The average Bonchev–Trinajstić information content (AvgIpc) is 3.24. The number of hydrogen-bond donors (Lipinski definition) is 0. The van der Waals surface area contributed by atoms with E-state index in [1.807, 2.05) is 26.0 Å². The molecule has 30 heavy (non-hydrogen) atoms. The minimum absolute atomic E-state index is 0.00436.